The molecule has 1 unspecified atom stereocenters. The number of benzene rings is 1. The highest BCUT2D eigenvalue weighted by molar-refractivity contribution is 5.76. The predicted octanol–water partition coefficient (Wildman–Crippen LogP) is 2.59. The molecule has 0 spiro atoms. The van der Waals surface area contributed by atoms with Crippen LogP contribution in [0.2, 0.25) is 0 Å². The first kappa shape index (κ1) is 27.6. The molecule has 0 aliphatic rings. The molecule has 1 amide bonds. The molecule has 1 atom stereocenters. The van der Waals surface area contributed by atoms with Gasteiger partial charge in [0, 0.05) is 12.5 Å². The second kappa shape index (κ2) is 15.4. The summed E-state index contributed by atoms with van der Waals surface area (Å²) in [6, 6.07) is 7.26. The highest BCUT2D eigenvalue weighted by Crippen LogP contribution is 2.14. The van der Waals surface area contributed by atoms with Crippen LogP contribution in [0.15, 0.2) is 24.3 Å². The van der Waals surface area contributed by atoms with Gasteiger partial charge in [-0.1, -0.05) is 12.1 Å². The summed E-state index contributed by atoms with van der Waals surface area (Å²) in [6.45, 7) is 9.20. The van der Waals surface area contributed by atoms with Gasteiger partial charge in [0.1, 0.15) is 18.5 Å². The molecule has 10 nitrogen and oxygen atoms in total. The van der Waals surface area contributed by atoms with Gasteiger partial charge in [-0.05, 0) is 51.8 Å². The minimum Gasteiger partial charge on any atom is -0.491 e. The van der Waals surface area contributed by atoms with Gasteiger partial charge in [-0.25, -0.2) is 0 Å². The van der Waals surface area contributed by atoms with Crippen molar-refractivity contribution in [2.45, 2.75) is 65.4 Å². The van der Waals surface area contributed by atoms with Gasteiger partial charge in [-0.3, -0.25) is 4.79 Å². The predicted molar refractivity (Wildman–Crippen MR) is 118 cm³/mol. The monoisotopic (exact) mass is 456 g/mol. The van der Waals surface area contributed by atoms with Gasteiger partial charge in [0.05, 0.1) is 39.1 Å². The molecule has 0 aromatic heterocycles. The van der Waals surface area contributed by atoms with E-state index in [-0.39, 0.29) is 50.7 Å². The van der Waals surface area contributed by atoms with E-state index in [1.165, 1.54) is 4.90 Å². The van der Waals surface area contributed by atoms with E-state index in [2.05, 4.69) is 4.84 Å². The van der Waals surface area contributed by atoms with Crippen molar-refractivity contribution in [2.24, 2.45) is 0 Å². The lowest BCUT2D eigenvalue weighted by Crippen LogP contribution is -2.43. The molecule has 0 aliphatic heterocycles. The maximum atomic E-state index is 12.4. The van der Waals surface area contributed by atoms with Crippen LogP contribution in [0.3, 0.4) is 0 Å². The standard InChI is InChI=1S/C22H36N2O8/c1-17(2)23(22(26)6-5-11-32-24(27)28)14-20(25)16-31-21-9-7-19(8-10-21)15-29-12-13-30-18(3)4/h7-10,17-18,20,25H,5-6,11-16H2,1-4H3. The van der Waals surface area contributed by atoms with Crippen LogP contribution in [-0.4, -0.2) is 72.2 Å². The van der Waals surface area contributed by atoms with E-state index in [1.54, 1.807) is 12.1 Å². The van der Waals surface area contributed by atoms with Crippen LogP contribution >= 0.6 is 0 Å². The first-order chi connectivity index (χ1) is 15.2. The number of rotatable bonds is 17. The van der Waals surface area contributed by atoms with Gasteiger partial charge in [-0.15, -0.1) is 10.1 Å². The molecule has 0 bridgehead atoms. The second-order valence-electron chi connectivity index (χ2n) is 7.88. The van der Waals surface area contributed by atoms with Crippen LogP contribution in [0.25, 0.3) is 0 Å². The molecule has 0 heterocycles. The highest BCUT2D eigenvalue weighted by Gasteiger charge is 2.20. The van der Waals surface area contributed by atoms with Crippen LogP contribution < -0.4 is 4.74 Å². The van der Waals surface area contributed by atoms with Crippen molar-refractivity contribution >= 4 is 5.91 Å². The number of hydrogen-bond donors (Lipinski definition) is 1. The first-order valence-corrected chi connectivity index (χ1v) is 10.8. The molecule has 182 valence electrons. The highest BCUT2D eigenvalue weighted by atomic mass is 16.9. The van der Waals surface area contributed by atoms with Gasteiger partial charge < -0.3 is 29.1 Å². The minimum atomic E-state index is -0.881. The van der Waals surface area contributed by atoms with E-state index in [0.717, 1.165) is 5.56 Å². The molecule has 1 N–H and O–H groups in total. The fraction of sp³-hybridized carbons (Fsp3) is 0.682. The first-order valence-electron chi connectivity index (χ1n) is 10.8. The van der Waals surface area contributed by atoms with Crippen LogP contribution in [0.1, 0.15) is 46.1 Å². The molecular formula is C22H36N2O8. The fourth-order valence-electron chi connectivity index (χ4n) is 2.79. The summed E-state index contributed by atoms with van der Waals surface area (Å²) in [7, 11) is 0. The molecule has 10 heteroatoms. The molecular weight excluding hydrogens is 420 g/mol. The third-order valence-corrected chi connectivity index (χ3v) is 4.40. The zero-order chi connectivity index (χ0) is 23.9. The molecule has 32 heavy (non-hydrogen) atoms. The van der Waals surface area contributed by atoms with Crippen LogP contribution in [0.4, 0.5) is 0 Å². The number of aliphatic hydroxyl groups is 1. The van der Waals surface area contributed by atoms with E-state index >= 15 is 0 Å². The van der Waals surface area contributed by atoms with Crippen molar-refractivity contribution in [1.29, 1.82) is 0 Å². The fourth-order valence-corrected chi connectivity index (χ4v) is 2.79. The summed E-state index contributed by atoms with van der Waals surface area (Å²) in [5.41, 5.74) is 1.00. The number of nitrogens with zero attached hydrogens (tertiary/aromatic N) is 2. The van der Waals surface area contributed by atoms with E-state index in [0.29, 0.717) is 25.6 Å². The summed E-state index contributed by atoms with van der Waals surface area (Å²) < 4.78 is 16.6. The largest absolute Gasteiger partial charge is 0.491 e. The summed E-state index contributed by atoms with van der Waals surface area (Å²) >= 11 is 0. The lowest BCUT2D eigenvalue weighted by atomic mass is 10.2. The van der Waals surface area contributed by atoms with Gasteiger partial charge >= 0.3 is 0 Å². The Kier molecular flexibility index (Phi) is 13.3. The van der Waals surface area contributed by atoms with E-state index in [9.17, 15) is 20.0 Å². The molecule has 1 rings (SSSR count). The van der Waals surface area contributed by atoms with Crippen LogP contribution in [0, 0.1) is 10.1 Å². The molecule has 0 saturated carbocycles. The Hall–Kier alpha value is -2.43. The average molecular weight is 457 g/mol. The number of hydrogen-bond acceptors (Lipinski definition) is 8. The maximum absolute atomic E-state index is 12.4. The molecule has 0 radical (unpaired) electrons. The molecule has 1 aromatic rings. The number of carbonyl (C=O) groups is 1. The molecule has 0 saturated heterocycles. The molecule has 0 fully saturated rings. The summed E-state index contributed by atoms with van der Waals surface area (Å²) in [6.07, 6.45) is -0.352. The number of aliphatic hydroxyl groups excluding tert-OH is 1. The Morgan fingerprint density at radius 2 is 1.81 bits per heavy atom. The lowest BCUT2D eigenvalue weighted by molar-refractivity contribution is -0.757. The average Bonchev–Trinajstić information content (AvgIpc) is 2.73. The van der Waals surface area contributed by atoms with Gasteiger partial charge in [-0.2, -0.15) is 0 Å². The van der Waals surface area contributed by atoms with Gasteiger partial charge in [0.2, 0.25) is 5.91 Å². The third kappa shape index (κ3) is 12.4. The van der Waals surface area contributed by atoms with Crippen molar-refractivity contribution in [3.05, 3.63) is 39.9 Å². The van der Waals surface area contributed by atoms with Crippen molar-refractivity contribution < 1.29 is 34.0 Å². The van der Waals surface area contributed by atoms with Crippen molar-refractivity contribution in [2.75, 3.05) is 33.0 Å². The Morgan fingerprint density at radius 3 is 2.41 bits per heavy atom. The summed E-state index contributed by atoms with van der Waals surface area (Å²) in [4.78, 5) is 28.3. The number of carbonyl (C=O) groups excluding carboxylic acids is 1. The SMILES string of the molecule is CC(C)OCCOCc1ccc(OCC(O)CN(C(=O)CCCO[N+](=O)[O-])C(C)C)cc1. The summed E-state index contributed by atoms with van der Waals surface area (Å²) in [5, 5.41) is 19.6. The van der Waals surface area contributed by atoms with Gasteiger partial charge in [0.25, 0.3) is 5.09 Å². The van der Waals surface area contributed by atoms with E-state index < -0.39 is 11.2 Å². The van der Waals surface area contributed by atoms with E-state index in [1.807, 2.05) is 39.8 Å². The van der Waals surface area contributed by atoms with Crippen molar-refractivity contribution in [1.82, 2.24) is 4.90 Å². The Labute approximate surface area is 189 Å². The van der Waals surface area contributed by atoms with Crippen molar-refractivity contribution in [3.8, 4) is 5.75 Å². The quantitative estimate of drug-likeness (QED) is 0.216. The van der Waals surface area contributed by atoms with Crippen molar-refractivity contribution in [3.63, 3.8) is 0 Å². The Balaban J connectivity index is 2.36. The normalized spacial score (nSPS) is 12.1. The second-order valence-corrected chi connectivity index (χ2v) is 7.88. The number of amides is 1. The van der Waals surface area contributed by atoms with Crippen LogP contribution in [0.5, 0.6) is 5.75 Å². The van der Waals surface area contributed by atoms with Gasteiger partial charge in [0.15, 0.2) is 0 Å². The smallest absolute Gasteiger partial charge is 0.294 e. The summed E-state index contributed by atoms with van der Waals surface area (Å²) in [5.74, 6) is 0.407. The molecule has 1 aromatic carbocycles. The molecule has 0 aliphatic carbocycles. The van der Waals surface area contributed by atoms with Crippen LogP contribution in [-0.2, 0) is 25.7 Å². The third-order valence-electron chi connectivity index (χ3n) is 4.40. The minimum absolute atomic E-state index is 0.0311. The number of ether oxygens (including phenoxy) is 3. The van der Waals surface area contributed by atoms with E-state index in [4.69, 9.17) is 14.2 Å². The Bertz CT molecular complexity index is 666. The zero-order valence-corrected chi connectivity index (χ0v) is 19.4. The lowest BCUT2D eigenvalue weighted by Gasteiger charge is -2.29. The topological polar surface area (TPSA) is 121 Å². The zero-order valence-electron chi connectivity index (χ0n) is 19.4. The Morgan fingerprint density at radius 1 is 1.12 bits per heavy atom. The maximum Gasteiger partial charge on any atom is 0.294 e.